The highest BCUT2D eigenvalue weighted by atomic mass is 32.2. The lowest BCUT2D eigenvalue weighted by Crippen LogP contribution is -2.33. The normalized spacial score (nSPS) is 14.1. The number of nitrogens with one attached hydrogen (secondary N) is 2. The Bertz CT molecular complexity index is 1090. The number of likely N-dealkylation sites (tertiary alicyclic amines) is 1. The maximum absolute atomic E-state index is 12.7. The van der Waals surface area contributed by atoms with Gasteiger partial charge < -0.3 is 5.32 Å². The molecule has 8 nitrogen and oxygen atoms in total. The third kappa shape index (κ3) is 5.49. The van der Waals surface area contributed by atoms with E-state index in [0.29, 0.717) is 17.7 Å². The van der Waals surface area contributed by atoms with Crippen LogP contribution in [0, 0.1) is 13.8 Å². The van der Waals surface area contributed by atoms with Crippen LogP contribution in [0.3, 0.4) is 0 Å². The number of anilines is 1. The summed E-state index contributed by atoms with van der Waals surface area (Å²) in [6.45, 7) is 4.14. The first-order valence-electron chi connectivity index (χ1n) is 9.99. The summed E-state index contributed by atoms with van der Waals surface area (Å²) in [7, 11) is -3.86. The molecule has 0 bridgehead atoms. The second-order valence-electron chi connectivity index (χ2n) is 7.50. The molecule has 0 aliphatic carbocycles. The molecule has 9 heteroatoms. The smallest absolute Gasteiger partial charge is 0.261 e. The number of hydrogen-bond acceptors (Lipinski definition) is 5. The van der Waals surface area contributed by atoms with E-state index in [1.807, 2.05) is 6.92 Å². The van der Waals surface area contributed by atoms with Gasteiger partial charge in [-0.1, -0.05) is 23.8 Å². The van der Waals surface area contributed by atoms with E-state index in [0.717, 1.165) is 5.56 Å². The summed E-state index contributed by atoms with van der Waals surface area (Å²) in [6.07, 6.45) is 0.903. The van der Waals surface area contributed by atoms with Crippen molar-refractivity contribution >= 4 is 33.4 Å². The molecule has 0 saturated carbocycles. The lowest BCUT2D eigenvalue weighted by molar-refractivity contribution is -0.138. The molecule has 0 spiro atoms. The number of carbonyl (C=O) groups excluding carboxylic acids is 3. The Morgan fingerprint density at radius 3 is 2.29 bits per heavy atom. The minimum absolute atomic E-state index is 0.0166. The lowest BCUT2D eigenvalue weighted by atomic mass is 10.1. The zero-order valence-electron chi connectivity index (χ0n) is 17.5. The van der Waals surface area contributed by atoms with E-state index in [1.165, 1.54) is 17.0 Å². The first-order chi connectivity index (χ1) is 14.7. The third-order valence-corrected chi connectivity index (χ3v) is 6.45. The van der Waals surface area contributed by atoms with Gasteiger partial charge in [0.15, 0.2) is 0 Å². The highest BCUT2D eigenvalue weighted by Gasteiger charge is 2.28. The molecule has 1 heterocycles. The molecule has 0 aromatic heterocycles. The van der Waals surface area contributed by atoms with E-state index in [2.05, 4.69) is 10.0 Å². The molecular formula is C22H25N3O5S. The molecule has 1 aliphatic rings. The monoisotopic (exact) mass is 443 g/mol. The minimum Gasteiger partial charge on any atom is -0.352 e. The highest BCUT2D eigenvalue weighted by molar-refractivity contribution is 7.92. The van der Waals surface area contributed by atoms with E-state index in [4.69, 9.17) is 0 Å². The molecule has 0 atom stereocenters. The standard InChI is InChI=1S/C22H25N3O5S/c1-15-4-7-17(8-5-15)24-31(29,30)18-9-6-16(2)19(14-18)22(28)23-12-3-13-25-20(26)10-11-21(25)27/h4-9,14,24H,3,10-13H2,1-2H3,(H,23,28). The molecule has 2 N–H and O–H groups in total. The zero-order chi connectivity index (χ0) is 22.6. The number of benzene rings is 2. The van der Waals surface area contributed by atoms with Gasteiger partial charge in [0.1, 0.15) is 0 Å². The molecule has 0 radical (unpaired) electrons. The fourth-order valence-corrected chi connectivity index (χ4v) is 4.34. The molecular weight excluding hydrogens is 418 g/mol. The average molecular weight is 444 g/mol. The molecule has 2 aromatic carbocycles. The Morgan fingerprint density at radius 1 is 1.00 bits per heavy atom. The summed E-state index contributed by atoms with van der Waals surface area (Å²) in [5, 5.41) is 2.72. The van der Waals surface area contributed by atoms with Crippen LogP contribution in [0.1, 0.15) is 40.7 Å². The van der Waals surface area contributed by atoms with Gasteiger partial charge in [0.2, 0.25) is 11.8 Å². The fourth-order valence-electron chi connectivity index (χ4n) is 3.26. The molecule has 1 aliphatic heterocycles. The lowest BCUT2D eigenvalue weighted by Gasteiger charge is -2.14. The molecule has 3 amide bonds. The molecule has 1 fully saturated rings. The molecule has 1 saturated heterocycles. The molecule has 0 unspecified atom stereocenters. The van der Waals surface area contributed by atoms with Gasteiger partial charge in [0, 0.05) is 37.2 Å². The maximum Gasteiger partial charge on any atom is 0.261 e. The van der Waals surface area contributed by atoms with Crippen molar-refractivity contribution in [3.63, 3.8) is 0 Å². The van der Waals surface area contributed by atoms with E-state index in [9.17, 15) is 22.8 Å². The zero-order valence-corrected chi connectivity index (χ0v) is 18.3. The quantitative estimate of drug-likeness (QED) is 0.480. The fraction of sp³-hybridized carbons (Fsp3) is 0.318. The maximum atomic E-state index is 12.7. The molecule has 31 heavy (non-hydrogen) atoms. The number of imide groups is 1. The van der Waals surface area contributed by atoms with Crippen molar-refractivity contribution in [3.05, 3.63) is 59.2 Å². The molecule has 164 valence electrons. The highest BCUT2D eigenvalue weighted by Crippen LogP contribution is 2.20. The number of aryl methyl sites for hydroxylation is 2. The number of amides is 3. The van der Waals surface area contributed by atoms with Gasteiger partial charge in [0.05, 0.1) is 4.90 Å². The summed E-state index contributed by atoms with van der Waals surface area (Å²) < 4.78 is 28.0. The van der Waals surface area contributed by atoms with Gasteiger partial charge in [-0.25, -0.2) is 8.42 Å². The van der Waals surface area contributed by atoms with Crippen LogP contribution in [-0.4, -0.2) is 44.1 Å². The summed E-state index contributed by atoms with van der Waals surface area (Å²) in [5.74, 6) is -0.790. The topological polar surface area (TPSA) is 113 Å². The first kappa shape index (κ1) is 22.5. The van der Waals surface area contributed by atoms with Crippen LogP contribution >= 0.6 is 0 Å². The van der Waals surface area contributed by atoms with Crippen LogP contribution < -0.4 is 10.0 Å². The van der Waals surface area contributed by atoms with Crippen molar-refractivity contribution < 1.29 is 22.8 Å². The summed E-state index contributed by atoms with van der Waals surface area (Å²) in [5.41, 5.74) is 2.33. The van der Waals surface area contributed by atoms with Gasteiger partial charge in [-0.05, 0) is 50.1 Å². The van der Waals surface area contributed by atoms with Gasteiger partial charge >= 0.3 is 0 Å². The summed E-state index contributed by atoms with van der Waals surface area (Å²) >= 11 is 0. The van der Waals surface area contributed by atoms with Crippen molar-refractivity contribution in [2.75, 3.05) is 17.8 Å². The van der Waals surface area contributed by atoms with E-state index in [1.54, 1.807) is 37.3 Å². The molecule has 2 aromatic rings. The predicted octanol–water partition coefficient (Wildman–Crippen LogP) is 2.37. The van der Waals surface area contributed by atoms with Gasteiger partial charge in [0.25, 0.3) is 15.9 Å². The van der Waals surface area contributed by atoms with Crippen LogP contribution in [0.2, 0.25) is 0 Å². The van der Waals surface area contributed by atoms with E-state index >= 15 is 0 Å². The second-order valence-corrected chi connectivity index (χ2v) is 9.18. The molecule has 3 rings (SSSR count). The van der Waals surface area contributed by atoms with Crippen molar-refractivity contribution in [3.8, 4) is 0 Å². The number of hydrogen-bond donors (Lipinski definition) is 2. The SMILES string of the molecule is Cc1ccc(NS(=O)(=O)c2ccc(C)c(C(=O)NCCCN3C(=O)CCC3=O)c2)cc1. The van der Waals surface area contributed by atoms with Crippen LogP contribution in [0.15, 0.2) is 47.4 Å². The summed E-state index contributed by atoms with van der Waals surface area (Å²) in [4.78, 5) is 37.0. The first-order valence-corrected chi connectivity index (χ1v) is 11.5. The van der Waals surface area contributed by atoms with Crippen LogP contribution in [-0.2, 0) is 19.6 Å². The number of nitrogens with zero attached hydrogens (tertiary/aromatic N) is 1. The van der Waals surface area contributed by atoms with Crippen LogP contribution in [0.5, 0.6) is 0 Å². The Hall–Kier alpha value is -3.20. The number of sulfonamides is 1. The number of rotatable bonds is 8. The van der Waals surface area contributed by atoms with Crippen molar-refractivity contribution in [2.45, 2.75) is 38.0 Å². The van der Waals surface area contributed by atoms with E-state index in [-0.39, 0.29) is 48.2 Å². The van der Waals surface area contributed by atoms with Gasteiger partial charge in [-0.15, -0.1) is 0 Å². The Balaban J connectivity index is 1.64. The Morgan fingerprint density at radius 2 is 1.65 bits per heavy atom. The summed E-state index contributed by atoms with van der Waals surface area (Å²) in [6, 6.07) is 11.3. The van der Waals surface area contributed by atoms with Gasteiger partial charge in [-0.2, -0.15) is 0 Å². The van der Waals surface area contributed by atoms with Crippen molar-refractivity contribution in [1.29, 1.82) is 0 Å². The number of carbonyl (C=O) groups is 3. The third-order valence-electron chi connectivity index (χ3n) is 5.07. The van der Waals surface area contributed by atoms with Crippen molar-refractivity contribution in [1.82, 2.24) is 10.2 Å². The van der Waals surface area contributed by atoms with Crippen LogP contribution in [0.25, 0.3) is 0 Å². The van der Waals surface area contributed by atoms with Crippen molar-refractivity contribution in [2.24, 2.45) is 0 Å². The largest absolute Gasteiger partial charge is 0.352 e. The van der Waals surface area contributed by atoms with Crippen LogP contribution in [0.4, 0.5) is 5.69 Å². The predicted molar refractivity (Wildman–Crippen MR) is 116 cm³/mol. The second kappa shape index (κ2) is 9.30. The Labute approximate surface area is 181 Å². The Kier molecular flexibility index (Phi) is 6.74. The average Bonchev–Trinajstić information content (AvgIpc) is 3.04. The minimum atomic E-state index is -3.86. The van der Waals surface area contributed by atoms with Gasteiger partial charge in [-0.3, -0.25) is 24.0 Å². The van der Waals surface area contributed by atoms with E-state index < -0.39 is 15.9 Å².